The molecular weight excluding hydrogens is 97.0 g/mol. The molecule has 0 bridgehead atoms. The molecule has 1 aliphatic heterocycles. The highest BCUT2D eigenvalue weighted by molar-refractivity contribution is 4.60. The molecular formula is C4H7FNO. The smallest absolute Gasteiger partial charge is 0.100 e. The fraction of sp³-hybridized carbons (Fsp3) is 0.750. The van der Waals surface area contributed by atoms with Crippen molar-refractivity contribution in [2.24, 2.45) is 0 Å². The molecule has 3 heteroatoms. The quantitative estimate of drug-likeness (QED) is 0.411. The SMILES string of the molecule is FN1C[CH]OCC1. The normalized spacial score (nSPS) is 25.3. The monoisotopic (exact) mass is 104 g/mol. The summed E-state index contributed by atoms with van der Waals surface area (Å²) < 4.78 is 16.6. The third-order valence-electron chi connectivity index (χ3n) is 0.842. The molecule has 0 aliphatic carbocycles. The fourth-order valence-electron chi connectivity index (χ4n) is 0.460. The molecule has 1 heterocycles. The first-order valence-electron chi connectivity index (χ1n) is 2.23. The van der Waals surface area contributed by atoms with Gasteiger partial charge in [-0.1, -0.05) is 0 Å². The van der Waals surface area contributed by atoms with Crippen molar-refractivity contribution in [3.8, 4) is 0 Å². The van der Waals surface area contributed by atoms with E-state index in [0.29, 0.717) is 24.8 Å². The van der Waals surface area contributed by atoms with Crippen molar-refractivity contribution in [2.75, 3.05) is 19.7 Å². The fourth-order valence-corrected chi connectivity index (χ4v) is 0.460. The van der Waals surface area contributed by atoms with Crippen LogP contribution in [0.1, 0.15) is 0 Å². The van der Waals surface area contributed by atoms with Gasteiger partial charge >= 0.3 is 0 Å². The first kappa shape index (κ1) is 5.00. The molecule has 0 saturated carbocycles. The second-order valence-corrected chi connectivity index (χ2v) is 1.41. The maximum absolute atomic E-state index is 11.9. The van der Waals surface area contributed by atoms with Gasteiger partial charge in [0, 0.05) is 0 Å². The lowest BCUT2D eigenvalue weighted by Crippen LogP contribution is -2.26. The Balaban J connectivity index is 2.12. The average Bonchev–Trinajstić information content (AvgIpc) is 1.69. The van der Waals surface area contributed by atoms with Crippen LogP contribution in [-0.4, -0.2) is 24.8 Å². The Kier molecular flexibility index (Phi) is 1.59. The Morgan fingerprint density at radius 1 is 1.71 bits per heavy atom. The largest absolute Gasteiger partial charge is 0.373 e. The molecule has 0 spiro atoms. The maximum atomic E-state index is 11.9. The molecule has 0 aromatic carbocycles. The number of halogens is 1. The minimum Gasteiger partial charge on any atom is -0.373 e. The minimum absolute atomic E-state index is 0.306. The lowest BCUT2D eigenvalue weighted by Gasteiger charge is -2.16. The third-order valence-corrected chi connectivity index (χ3v) is 0.842. The van der Waals surface area contributed by atoms with Gasteiger partial charge in [-0.3, -0.25) is 0 Å². The van der Waals surface area contributed by atoms with E-state index in [0.717, 1.165) is 0 Å². The van der Waals surface area contributed by atoms with Gasteiger partial charge in [0.15, 0.2) is 0 Å². The van der Waals surface area contributed by atoms with Gasteiger partial charge in [0.05, 0.1) is 19.7 Å². The van der Waals surface area contributed by atoms with E-state index in [1.54, 1.807) is 0 Å². The van der Waals surface area contributed by atoms with E-state index in [1.165, 1.54) is 6.61 Å². The van der Waals surface area contributed by atoms with E-state index in [1.807, 2.05) is 0 Å². The number of morpholine rings is 1. The lowest BCUT2D eigenvalue weighted by molar-refractivity contribution is -0.0388. The molecule has 41 valence electrons. The van der Waals surface area contributed by atoms with Gasteiger partial charge in [0.2, 0.25) is 0 Å². The summed E-state index contributed by atoms with van der Waals surface area (Å²) in [4.78, 5) is 0. The van der Waals surface area contributed by atoms with Crippen molar-refractivity contribution in [2.45, 2.75) is 0 Å². The van der Waals surface area contributed by atoms with Crippen LogP contribution in [-0.2, 0) is 4.74 Å². The van der Waals surface area contributed by atoms with Crippen LogP contribution in [0, 0.1) is 6.61 Å². The van der Waals surface area contributed by atoms with Crippen LogP contribution in [0.25, 0.3) is 0 Å². The Morgan fingerprint density at radius 3 is 2.86 bits per heavy atom. The molecule has 0 atom stereocenters. The molecule has 1 saturated heterocycles. The Hall–Kier alpha value is -0.150. The Bertz CT molecular complexity index is 53.7. The van der Waals surface area contributed by atoms with Crippen LogP contribution in [0.15, 0.2) is 0 Å². The van der Waals surface area contributed by atoms with Crippen LogP contribution < -0.4 is 0 Å². The zero-order valence-electron chi connectivity index (χ0n) is 3.93. The molecule has 0 unspecified atom stereocenters. The molecule has 1 fully saturated rings. The zero-order valence-corrected chi connectivity index (χ0v) is 3.93. The van der Waals surface area contributed by atoms with Crippen molar-refractivity contribution in [3.05, 3.63) is 6.61 Å². The van der Waals surface area contributed by atoms with Gasteiger partial charge < -0.3 is 4.74 Å². The highest BCUT2D eigenvalue weighted by atomic mass is 19.2. The summed E-state index contributed by atoms with van der Waals surface area (Å²) in [6, 6.07) is 0. The summed E-state index contributed by atoms with van der Waals surface area (Å²) in [5.74, 6) is 0. The van der Waals surface area contributed by atoms with Crippen LogP contribution >= 0.6 is 0 Å². The van der Waals surface area contributed by atoms with Crippen LogP contribution in [0.4, 0.5) is 4.48 Å². The Labute approximate surface area is 41.8 Å². The molecule has 7 heavy (non-hydrogen) atoms. The molecule has 0 aromatic heterocycles. The van der Waals surface area contributed by atoms with Gasteiger partial charge in [-0.15, -0.1) is 9.60 Å². The molecule has 1 radical (unpaired) electrons. The lowest BCUT2D eigenvalue weighted by atomic mass is 10.5. The number of rotatable bonds is 0. The molecule has 0 amide bonds. The number of nitrogens with zero attached hydrogens (tertiary/aromatic N) is 1. The van der Waals surface area contributed by atoms with Crippen LogP contribution in [0.5, 0.6) is 0 Å². The standard InChI is InChI=1S/C4H7FNO/c5-6-1-3-7-4-2-6/h3H,1-2,4H2. The number of hydrogen-bond donors (Lipinski definition) is 0. The van der Waals surface area contributed by atoms with Crippen molar-refractivity contribution in [3.63, 3.8) is 0 Å². The van der Waals surface area contributed by atoms with E-state index < -0.39 is 0 Å². The van der Waals surface area contributed by atoms with Gasteiger partial charge in [0.25, 0.3) is 0 Å². The maximum Gasteiger partial charge on any atom is 0.100 e. The highest BCUT2D eigenvalue weighted by Gasteiger charge is 2.07. The molecule has 1 rings (SSSR count). The van der Waals surface area contributed by atoms with E-state index in [4.69, 9.17) is 4.74 Å². The van der Waals surface area contributed by atoms with E-state index >= 15 is 0 Å². The summed E-state index contributed by atoms with van der Waals surface area (Å²) in [6.07, 6.45) is 0. The van der Waals surface area contributed by atoms with E-state index in [9.17, 15) is 4.48 Å². The minimum atomic E-state index is 0.306. The summed E-state index contributed by atoms with van der Waals surface area (Å²) in [5.41, 5.74) is 0. The predicted octanol–water partition coefficient (Wildman–Crippen LogP) is 0.365. The van der Waals surface area contributed by atoms with Crippen molar-refractivity contribution in [1.82, 2.24) is 5.12 Å². The van der Waals surface area contributed by atoms with Gasteiger partial charge in [0.1, 0.15) is 6.61 Å². The van der Waals surface area contributed by atoms with Crippen molar-refractivity contribution in [1.29, 1.82) is 0 Å². The second-order valence-electron chi connectivity index (χ2n) is 1.41. The summed E-state index contributed by atoms with van der Waals surface area (Å²) in [5, 5.41) is 0.712. The predicted molar refractivity (Wildman–Crippen MR) is 22.9 cm³/mol. The molecule has 0 N–H and O–H groups in total. The van der Waals surface area contributed by atoms with E-state index in [2.05, 4.69) is 0 Å². The van der Waals surface area contributed by atoms with Crippen molar-refractivity contribution < 1.29 is 9.22 Å². The van der Waals surface area contributed by atoms with Crippen LogP contribution in [0.2, 0.25) is 0 Å². The van der Waals surface area contributed by atoms with Gasteiger partial charge in [-0.05, 0) is 0 Å². The number of hydrogen-bond acceptors (Lipinski definition) is 2. The zero-order chi connectivity index (χ0) is 5.11. The molecule has 2 nitrogen and oxygen atoms in total. The van der Waals surface area contributed by atoms with E-state index in [-0.39, 0.29) is 0 Å². The first-order chi connectivity index (χ1) is 3.39. The highest BCUT2D eigenvalue weighted by Crippen LogP contribution is 1.98. The third kappa shape index (κ3) is 1.41. The van der Waals surface area contributed by atoms with Crippen molar-refractivity contribution >= 4 is 0 Å². The molecule has 0 aromatic rings. The summed E-state index contributed by atoms with van der Waals surface area (Å²) >= 11 is 0. The second kappa shape index (κ2) is 2.23. The average molecular weight is 104 g/mol. The van der Waals surface area contributed by atoms with Gasteiger partial charge in [-0.2, -0.15) is 0 Å². The summed E-state index contributed by atoms with van der Waals surface area (Å²) in [7, 11) is 0. The van der Waals surface area contributed by atoms with Crippen LogP contribution in [0.3, 0.4) is 0 Å². The molecule has 1 aliphatic rings. The Morgan fingerprint density at radius 2 is 2.57 bits per heavy atom. The topological polar surface area (TPSA) is 12.5 Å². The van der Waals surface area contributed by atoms with Gasteiger partial charge in [-0.25, -0.2) is 0 Å². The summed E-state index contributed by atoms with van der Waals surface area (Å²) in [6.45, 7) is 2.65. The first-order valence-corrected chi connectivity index (χ1v) is 2.23. The number of ether oxygens (including phenoxy) is 1.